The van der Waals surface area contributed by atoms with Gasteiger partial charge in [-0.05, 0) is 0 Å². The van der Waals surface area contributed by atoms with Gasteiger partial charge in [-0.3, -0.25) is 0 Å². The van der Waals surface area contributed by atoms with Gasteiger partial charge in [0.1, 0.15) is 6.61 Å². The summed E-state index contributed by atoms with van der Waals surface area (Å²) in [6, 6.07) is 0. The van der Waals surface area contributed by atoms with Crippen LogP contribution in [-0.4, -0.2) is 52.7 Å². The average Bonchev–Trinajstić information content (AvgIpc) is 2.21. The molecule has 0 spiro atoms. The number of nitrogens with two attached hydrogens (primary N) is 1. The van der Waals surface area contributed by atoms with Crippen molar-refractivity contribution >= 4 is 6.09 Å². The van der Waals surface area contributed by atoms with E-state index in [1.807, 2.05) is 0 Å². The Bertz CT molecular complexity index is 143. The molecule has 0 rings (SSSR count). The number of rotatable bonds is 8. The third-order valence-electron chi connectivity index (χ3n) is 1.30. The summed E-state index contributed by atoms with van der Waals surface area (Å²) in [6.07, 6.45) is -0.451. The normalized spacial score (nSPS) is 9.86. The number of nitrogens with one attached hydrogen (secondary N) is 1. The number of alkyl carbamates (subject to hydrolysis) is 1. The van der Waals surface area contributed by atoms with E-state index in [9.17, 15) is 4.79 Å². The van der Waals surface area contributed by atoms with Crippen molar-refractivity contribution in [3.05, 3.63) is 0 Å². The molecule has 0 aromatic heterocycles. The fourth-order valence-electron chi connectivity index (χ4n) is 0.671. The highest BCUT2D eigenvalue weighted by atomic mass is 16.6. The minimum Gasteiger partial charge on any atom is -0.447 e. The van der Waals surface area contributed by atoms with Crippen LogP contribution < -0.4 is 11.1 Å². The Balaban J connectivity index is 2.95. The van der Waals surface area contributed by atoms with Crippen LogP contribution in [0.3, 0.4) is 0 Å². The lowest BCUT2D eigenvalue weighted by molar-refractivity contribution is 0.0303. The summed E-state index contributed by atoms with van der Waals surface area (Å²) in [5.41, 5.74) is 5.21. The lowest BCUT2D eigenvalue weighted by Gasteiger charge is -2.05. The number of ether oxygens (including phenoxy) is 3. The molecular formula is C8H18N2O4. The van der Waals surface area contributed by atoms with Gasteiger partial charge in [0.2, 0.25) is 0 Å². The van der Waals surface area contributed by atoms with E-state index in [0.29, 0.717) is 33.0 Å². The van der Waals surface area contributed by atoms with Gasteiger partial charge in [-0.25, -0.2) is 4.79 Å². The average molecular weight is 206 g/mol. The van der Waals surface area contributed by atoms with E-state index in [-0.39, 0.29) is 6.61 Å². The molecule has 0 aliphatic rings. The molecule has 0 aromatic carbocycles. The molecule has 0 aromatic rings. The standard InChI is InChI=1S/C8H18N2O4/c1-10-8(11)14-7-6-13-5-4-12-3-2-9/h2-7,9H2,1H3,(H,10,11). The van der Waals surface area contributed by atoms with Crippen molar-refractivity contribution in [2.75, 3.05) is 46.6 Å². The lowest BCUT2D eigenvalue weighted by Crippen LogP contribution is -2.21. The Morgan fingerprint density at radius 2 is 1.71 bits per heavy atom. The van der Waals surface area contributed by atoms with Gasteiger partial charge in [0.25, 0.3) is 0 Å². The zero-order chi connectivity index (χ0) is 10.6. The van der Waals surface area contributed by atoms with Gasteiger partial charge < -0.3 is 25.3 Å². The van der Waals surface area contributed by atoms with Crippen LogP contribution in [0.15, 0.2) is 0 Å². The highest BCUT2D eigenvalue weighted by molar-refractivity contribution is 5.66. The fourth-order valence-corrected chi connectivity index (χ4v) is 0.671. The van der Waals surface area contributed by atoms with Crippen molar-refractivity contribution in [3.63, 3.8) is 0 Å². The van der Waals surface area contributed by atoms with Gasteiger partial charge in [0.15, 0.2) is 0 Å². The molecule has 0 bridgehead atoms. The van der Waals surface area contributed by atoms with E-state index in [1.54, 1.807) is 0 Å². The predicted octanol–water partition coefficient (Wildman–Crippen LogP) is -0.666. The van der Waals surface area contributed by atoms with E-state index in [0.717, 1.165) is 0 Å². The van der Waals surface area contributed by atoms with E-state index in [1.165, 1.54) is 7.05 Å². The molecule has 0 aliphatic heterocycles. The van der Waals surface area contributed by atoms with Crippen molar-refractivity contribution in [3.8, 4) is 0 Å². The molecule has 0 saturated heterocycles. The molecular weight excluding hydrogens is 188 g/mol. The van der Waals surface area contributed by atoms with Crippen LogP contribution in [0.5, 0.6) is 0 Å². The monoisotopic (exact) mass is 206 g/mol. The van der Waals surface area contributed by atoms with E-state index >= 15 is 0 Å². The number of amides is 1. The van der Waals surface area contributed by atoms with Crippen molar-refractivity contribution in [1.29, 1.82) is 0 Å². The Hall–Kier alpha value is -0.850. The van der Waals surface area contributed by atoms with Crippen molar-refractivity contribution in [1.82, 2.24) is 5.32 Å². The van der Waals surface area contributed by atoms with Crippen LogP contribution in [0, 0.1) is 0 Å². The first kappa shape index (κ1) is 13.2. The highest BCUT2D eigenvalue weighted by Gasteiger charge is 1.96. The third-order valence-corrected chi connectivity index (χ3v) is 1.30. The van der Waals surface area contributed by atoms with Gasteiger partial charge in [0, 0.05) is 13.6 Å². The lowest BCUT2D eigenvalue weighted by atomic mass is 10.7. The van der Waals surface area contributed by atoms with Crippen LogP contribution in [0.4, 0.5) is 4.79 Å². The fraction of sp³-hybridized carbons (Fsp3) is 0.875. The minimum absolute atomic E-state index is 0.247. The maximum Gasteiger partial charge on any atom is 0.406 e. The number of hydrogen-bond acceptors (Lipinski definition) is 5. The molecule has 0 heterocycles. The summed E-state index contributed by atoms with van der Waals surface area (Å²) in [6.45, 7) is 2.67. The van der Waals surface area contributed by atoms with Crippen molar-refractivity contribution < 1.29 is 19.0 Å². The van der Waals surface area contributed by atoms with E-state index in [2.05, 4.69) is 10.1 Å². The number of carbonyl (C=O) groups excluding carboxylic acids is 1. The second kappa shape index (κ2) is 10.2. The first-order valence-electron chi connectivity index (χ1n) is 4.51. The topological polar surface area (TPSA) is 82.8 Å². The van der Waals surface area contributed by atoms with Crippen LogP contribution in [0.25, 0.3) is 0 Å². The molecule has 6 nitrogen and oxygen atoms in total. The van der Waals surface area contributed by atoms with Gasteiger partial charge >= 0.3 is 6.09 Å². The zero-order valence-corrected chi connectivity index (χ0v) is 8.45. The third kappa shape index (κ3) is 9.24. The second-order valence-corrected chi connectivity index (χ2v) is 2.40. The molecule has 3 N–H and O–H groups in total. The van der Waals surface area contributed by atoms with E-state index in [4.69, 9.17) is 15.2 Å². The van der Waals surface area contributed by atoms with Crippen molar-refractivity contribution in [2.24, 2.45) is 5.73 Å². The van der Waals surface area contributed by atoms with Gasteiger partial charge in [0.05, 0.1) is 26.4 Å². The summed E-state index contributed by atoms with van der Waals surface area (Å²) in [4.78, 5) is 10.6. The molecule has 0 fully saturated rings. The summed E-state index contributed by atoms with van der Waals surface area (Å²) >= 11 is 0. The first-order chi connectivity index (χ1) is 6.81. The summed E-state index contributed by atoms with van der Waals surface area (Å²) < 4.78 is 14.8. The van der Waals surface area contributed by atoms with Crippen LogP contribution in [0.2, 0.25) is 0 Å². The van der Waals surface area contributed by atoms with Gasteiger partial charge in [-0.2, -0.15) is 0 Å². The van der Waals surface area contributed by atoms with Gasteiger partial charge in [-0.1, -0.05) is 0 Å². The second-order valence-electron chi connectivity index (χ2n) is 2.40. The Labute approximate surface area is 83.7 Å². The summed E-state index contributed by atoms with van der Waals surface area (Å²) in [5, 5.41) is 2.33. The number of hydrogen-bond donors (Lipinski definition) is 2. The highest BCUT2D eigenvalue weighted by Crippen LogP contribution is 1.81. The van der Waals surface area contributed by atoms with Gasteiger partial charge in [-0.15, -0.1) is 0 Å². The summed E-state index contributed by atoms with van der Waals surface area (Å²) in [5.74, 6) is 0. The first-order valence-corrected chi connectivity index (χ1v) is 4.51. The molecule has 0 unspecified atom stereocenters. The summed E-state index contributed by atoms with van der Waals surface area (Å²) in [7, 11) is 1.50. The zero-order valence-electron chi connectivity index (χ0n) is 8.45. The molecule has 84 valence electrons. The Kier molecular flexibility index (Phi) is 9.61. The van der Waals surface area contributed by atoms with Crippen molar-refractivity contribution in [2.45, 2.75) is 0 Å². The smallest absolute Gasteiger partial charge is 0.406 e. The maximum absolute atomic E-state index is 10.6. The van der Waals surface area contributed by atoms with Crippen LogP contribution in [-0.2, 0) is 14.2 Å². The molecule has 0 radical (unpaired) electrons. The number of carbonyl (C=O) groups is 1. The SMILES string of the molecule is CNC(=O)OCCOCCOCCN. The minimum atomic E-state index is -0.451. The van der Waals surface area contributed by atoms with E-state index < -0.39 is 6.09 Å². The van der Waals surface area contributed by atoms with Crippen LogP contribution >= 0.6 is 0 Å². The Morgan fingerprint density at radius 1 is 1.14 bits per heavy atom. The molecule has 0 atom stereocenters. The maximum atomic E-state index is 10.6. The molecule has 1 amide bonds. The molecule has 0 saturated carbocycles. The Morgan fingerprint density at radius 3 is 2.29 bits per heavy atom. The molecule has 14 heavy (non-hydrogen) atoms. The largest absolute Gasteiger partial charge is 0.447 e. The van der Waals surface area contributed by atoms with Crippen LogP contribution in [0.1, 0.15) is 0 Å². The quantitative estimate of drug-likeness (QED) is 0.515. The molecule has 6 heteroatoms. The molecule has 0 aliphatic carbocycles. The predicted molar refractivity (Wildman–Crippen MR) is 51.1 cm³/mol.